The van der Waals surface area contributed by atoms with Gasteiger partial charge in [0.15, 0.2) is 0 Å². The van der Waals surface area contributed by atoms with Crippen LogP contribution in [0, 0.1) is 37.3 Å². The molecular weight excluding hydrogens is 317 g/mol. The van der Waals surface area contributed by atoms with Crippen LogP contribution < -0.4 is 0 Å². The largest absolute Gasteiger partial charge is 0.466 e. The second-order valence-electron chi connectivity index (χ2n) is 3.39. The zero-order chi connectivity index (χ0) is 17.0. The molecule has 21 heavy (non-hydrogen) atoms. The SMILES string of the molecule is Cc1c([N+](=O)[O-])cc([N+](=O)[O-])cc1[N+](=O)[O-].O=P(O)(O)O. The number of nitrogens with zero attached hydrogens (tertiary/aromatic N) is 3. The molecule has 0 amide bonds. The standard InChI is InChI=1S/C7H5N3O6.H3O4P/c1-4-6(9(13)14)2-5(8(11)12)3-7(4)10(15)16;1-5(2,3)4/h2-3H,1H3;(H3,1,2,3,4). The maximum atomic E-state index is 10.5. The number of hydrogen-bond donors (Lipinski definition) is 3. The van der Waals surface area contributed by atoms with Gasteiger partial charge < -0.3 is 14.7 Å². The summed E-state index contributed by atoms with van der Waals surface area (Å²) in [5, 5.41) is 31.5. The van der Waals surface area contributed by atoms with Gasteiger partial charge in [0, 0.05) is 0 Å². The van der Waals surface area contributed by atoms with Crippen molar-refractivity contribution >= 4 is 24.9 Å². The van der Waals surface area contributed by atoms with Crippen LogP contribution >= 0.6 is 7.82 Å². The predicted molar refractivity (Wildman–Crippen MR) is 65.4 cm³/mol. The van der Waals surface area contributed by atoms with Crippen molar-refractivity contribution in [2.75, 3.05) is 0 Å². The molecule has 0 radical (unpaired) electrons. The van der Waals surface area contributed by atoms with Gasteiger partial charge >= 0.3 is 7.82 Å². The normalized spacial score (nSPS) is 10.3. The van der Waals surface area contributed by atoms with E-state index in [4.69, 9.17) is 19.2 Å². The summed E-state index contributed by atoms with van der Waals surface area (Å²) in [6.45, 7) is 1.17. The number of non-ortho nitro benzene ring substituents is 1. The number of rotatable bonds is 3. The molecule has 1 rings (SSSR count). The van der Waals surface area contributed by atoms with E-state index in [1.807, 2.05) is 0 Å². The number of nitro benzene ring substituents is 3. The number of phosphoric acid groups is 1. The van der Waals surface area contributed by atoms with Gasteiger partial charge in [0.05, 0.1) is 26.9 Å². The molecule has 0 saturated heterocycles. The Balaban J connectivity index is 0.000000690. The zero-order valence-electron chi connectivity index (χ0n) is 10.1. The van der Waals surface area contributed by atoms with Crippen LogP contribution in [0.3, 0.4) is 0 Å². The minimum atomic E-state index is -4.64. The molecule has 13 nitrogen and oxygen atoms in total. The van der Waals surface area contributed by atoms with Crippen LogP contribution in [0.25, 0.3) is 0 Å². The van der Waals surface area contributed by atoms with Gasteiger partial charge in [-0.3, -0.25) is 30.3 Å². The highest BCUT2D eigenvalue weighted by molar-refractivity contribution is 7.45. The Morgan fingerprint density at radius 3 is 1.38 bits per heavy atom. The van der Waals surface area contributed by atoms with E-state index >= 15 is 0 Å². The lowest BCUT2D eigenvalue weighted by Gasteiger charge is -1.99. The van der Waals surface area contributed by atoms with E-state index in [0.29, 0.717) is 12.1 Å². The van der Waals surface area contributed by atoms with Crippen LogP contribution in [-0.4, -0.2) is 29.5 Å². The van der Waals surface area contributed by atoms with Gasteiger partial charge in [-0.05, 0) is 6.92 Å². The molecule has 0 unspecified atom stereocenters. The summed E-state index contributed by atoms with van der Waals surface area (Å²) in [6, 6.07) is 1.39. The first-order valence-electron chi connectivity index (χ1n) is 4.70. The Kier molecular flexibility index (Phi) is 6.00. The van der Waals surface area contributed by atoms with Crippen molar-refractivity contribution in [3.8, 4) is 0 Å². The Bertz CT molecular complexity index is 594. The fourth-order valence-corrected chi connectivity index (χ4v) is 1.15. The Labute approximate surface area is 115 Å². The summed E-state index contributed by atoms with van der Waals surface area (Å²) >= 11 is 0. The van der Waals surface area contributed by atoms with Crippen molar-refractivity contribution < 1.29 is 34.0 Å². The van der Waals surface area contributed by atoms with Crippen LogP contribution in [0.15, 0.2) is 12.1 Å². The number of benzene rings is 1. The average molecular weight is 325 g/mol. The Hall–Kier alpha value is -2.47. The fraction of sp³-hybridized carbons (Fsp3) is 0.143. The second kappa shape index (κ2) is 6.81. The first kappa shape index (κ1) is 18.5. The van der Waals surface area contributed by atoms with E-state index in [2.05, 4.69) is 0 Å². The molecule has 14 heteroatoms. The van der Waals surface area contributed by atoms with Gasteiger partial charge in [-0.1, -0.05) is 0 Å². The fourth-order valence-electron chi connectivity index (χ4n) is 1.15. The molecule has 0 aliphatic heterocycles. The van der Waals surface area contributed by atoms with E-state index in [1.54, 1.807) is 0 Å². The summed E-state index contributed by atoms with van der Waals surface area (Å²) in [5.74, 6) is 0. The smallest absolute Gasteiger partial charge is 0.303 e. The van der Waals surface area contributed by atoms with E-state index in [9.17, 15) is 30.3 Å². The maximum Gasteiger partial charge on any atom is 0.466 e. The highest BCUT2D eigenvalue weighted by Gasteiger charge is 2.27. The average Bonchev–Trinajstić information content (AvgIpc) is 2.25. The van der Waals surface area contributed by atoms with Crippen molar-refractivity contribution in [3.63, 3.8) is 0 Å². The minimum absolute atomic E-state index is 0.208. The van der Waals surface area contributed by atoms with Gasteiger partial charge in [0.25, 0.3) is 17.1 Å². The first-order valence-corrected chi connectivity index (χ1v) is 6.27. The monoisotopic (exact) mass is 325 g/mol. The minimum Gasteiger partial charge on any atom is -0.303 e. The maximum absolute atomic E-state index is 10.5. The molecule has 3 N–H and O–H groups in total. The molecular formula is C7H8N3O10P. The third-order valence-electron chi connectivity index (χ3n) is 1.94. The third kappa shape index (κ3) is 6.49. The van der Waals surface area contributed by atoms with Crippen LogP contribution in [0.1, 0.15) is 5.56 Å². The van der Waals surface area contributed by atoms with Crippen molar-refractivity contribution in [1.29, 1.82) is 0 Å². The van der Waals surface area contributed by atoms with Crippen molar-refractivity contribution in [2.45, 2.75) is 6.92 Å². The second-order valence-corrected chi connectivity index (χ2v) is 4.42. The van der Waals surface area contributed by atoms with E-state index < -0.39 is 39.7 Å². The van der Waals surface area contributed by atoms with E-state index in [1.165, 1.54) is 6.92 Å². The molecule has 0 atom stereocenters. The van der Waals surface area contributed by atoms with Crippen LogP contribution in [0.5, 0.6) is 0 Å². The van der Waals surface area contributed by atoms with Crippen LogP contribution in [0.4, 0.5) is 17.1 Å². The lowest BCUT2D eigenvalue weighted by molar-refractivity contribution is -0.403. The summed E-state index contributed by atoms with van der Waals surface area (Å²) < 4.78 is 8.88. The molecule has 0 aliphatic carbocycles. The molecule has 1 aromatic carbocycles. The lowest BCUT2D eigenvalue weighted by atomic mass is 10.1. The van der Waals surface area contributed by atoms with Gasteiger partial charge in [-0.2, -0.15) is 0 Å². The molecule has 0 aliphatic rings. The van der Waals surface area contributed by atoms with Gasteiger partial charge in [-0.25, -0.2) is 4.57 Å². The molecule has 0 saturated carbocycles. The van der Waals surface area contributed by atoms with Gasteiger partial charge in [0.2, 0.25) is 0 Å². The summed E-state index contributed by atoms with van der Waals surface area (Å²) in [6.07, 6.45) is 0. The molecule has 0 fully saturated rings. The van der Waals surface area contributed by atoms with Crippen LogP contribution in [-0.2, 0) is 4.57 Å². The van der Waals surface area contributed by atoms with Gasteiger partial charge in [-0.15, -0.1) is 0 Å². The third-order valence-corrected chi connectivity index (χ3v) is 1.94. The predicted octanol–water partition coefficient (Wildman–Crippen LogP) is 0.791. The van der Waals surface area contributed by atoms with E-state index in [-0.39, 0.29) is 5.56 Å². The lowest BCUT2D eigenvalue weighted by Crippen LogP contribution is -2.00. The zero-order valence-corrected chi connectivity index (χ0v) is 11.0. The molecule has 1 aromatic rings. The van der Waals surface area contributed by atoms with E-state index in [0.717, 1.165) is 0 Å². The summed E-state index contributed by atoms with van der Waals surface area (Å²) in [4.78, 5) is 50.3. The molecule has 116 valence electrons. The van der Waals surface area contributed by atoms with Gasteiger partial charge in [0.1, 0.15) is 5.56 Å². The number of hydrogen-bond acceptors (Lipinski definition) is 7. The summed E-state index contributed by atoms with van der Waals surface area (Å²) in [5.41, 5.74) is -2.16. The highest BCUT2D eigenvalue weighted by atomic mass is 31.2. The summed E-state index contributed by atoms with van der Waals surface area (Å²) in [7, 11) is -4.64. The first-order chi connectivity index (χ1) is 9.34. The Morgan fingerprint density at radius 1 is 0.905 bits per heavy atom. The molecule has 0 spiro atoms. The molecule has 0 heterocycles. The topological polar surface area (TPSA) is 207 Å². The Morgan fingerprint density at radius 2 is 1.19 bits per heavy atom. The van der Waals surface area contributed by atoms with Crippen molar-refractivity contribution in [3.05, 3.63) is 48.0 Å². The number of nitro groups is 3. The molecule has 0 aromatic heterocycles. The van der Waals surface area contributed by atoms with Crippen molar-refractivity contribution in [2.24, 2.45) is 0 Å². The molecule has 0 bridgehead atoms. The van der Waals surface area contributed by atoms with Crippen LogP contribution in [0.2, 0.25) is 0 Å². The van der Waals surface area contributed by atoms with Crippen molar-refractivity contribution in [1.82, 2.24) is 0 Å². The highest BCUT2D eigenvalue weighted by Crippen LogP contribution is 2.32. The quantitative estimate of drug-likeness (QED) is 0.404.